The number of ether oxygens (including phenoxy) is 1. The highest BCUT2D eigenvalue weighted by atomic mass is 16.5. The molecule has 2 aromatic rings. The van der Waals surface area contributed by atoms with Crippen molar-refractivity contribution in [2.45, 2.75) is 12.5 Å². The van der Waals surface area contributed by atoms with E-state index in [9.17, 15) is 9.59 Å². The topological polar surface area (TPSA) is 95.4 Å². The highest BCUT2D eigenvalue weighted by molar-refractivity contribution is 5.97. The average molecular weight is 298 g/mol. The predicted molar refractivity (Wildman–Crippen MR) is 83.6 cm³/mol. The zero-order valence-electron chi connectivity index (χ0n) is 12.1. The van der Waals surface area contributed by atoms with Gasteiger partial charge < -0.3 is 16.2 Å². The van der Waals surface area contributed by atoms with Crippen LogP contribution in [0.25, 0.3) is 0 Å². The van der Waals surface area contributed by atoms with Crippen LogP contribution in [0, 0.1) is 0 Å². The van der Waals surface area contributed by atoms with E-state index in [2.05, 4.69) is 0 Å². The highest BCUT2D eigenvalue weighted by Crippen LogP contribution is 2.14. The molecule has 4 N–H and O–H groups in total. The van der Waals surface area contributed by atoms with Gasteiger partial charge >= 0.3 is 5.97 Å². The Labute approximate surface area is 128 Å². The second-order valence-corrected chi connectivity index (χ2v) is 4.87. The van der Waals surface area contributed by atoms with Crippen LogP contribution in [0.1, 0.15) is 15.9 Å². The number of benzene rings is 2. The van der Waals surface area contributed by atoms with Gasteiger partial charge in [0.05, 0.1) is 6.54 Å². The SMILES string of the molecule is NCC(=O)c1ccc(OC(=O)[C@@H](N)Cc2ccccc2)cc1. The smallest absolute Gasteiger partial charge is 0.328 e. The summed E-state index contributed by atoms with van der Waals surface area (Å²) in [5, 5.41) is 0. The normalized spacial score (nSPS) is 11.7. The molecule has 0 saturated carbocycles. The molecule has 114 valence electrons. The molecule has 0 fully saturated rings. The lowest BCUT2D eigenvalue weighted by atomic mass is 10.1. The molecule has 1 atom stereocenters. The second kappa shape index (κ2) is 7.49. The summed E-state index contributed by atoms with van der Waals surface area (Å²) >= 11 is 0. The van der Waals surface area contributed by atoms with E-state index in [1.807, 2.05) is 30.3 Å². The van der Waals surface area contributed by atoms with Crippen molar-refractivity contribution in [3.8, 4) is 5.75 Å². The van der Waals surface area contributed by atoms with Crippen LogP contribution < -0.4 is 16.2 Å². The van der Waals surface area contributed by atoms with E-state index in [4.69, 9.17) is 16.2 Å². The molecule has 0 radical (unpaired) electrons. The third-order valence-electron chi connectivity index (χ3n) is 3.18. The standard InChI is InChI=1S/C17H18N2O3/c18-11-16(20)13-6-8-14(9-7-13)22-17(21)15(19)10-12-4-2-1-3-5-12/h1-9,15H,10-11,18-19H2/t15-/m0/s1. The van der Waals surface area contributed by atoms with Crippen molar-refractivity contribution in [1.29, 1.82) is 0 Å². The summed E-state index contributed by atoms with van der Waals surface area (Å²) in [7, 11) is 0. The van der Waals surface area contributed by atoms with Gasteiger partial charge in [-0.3, -0.25) is 4.79 Å². The van der Waals surface area contributed by atoms with Gasteiger partial charge in [-0.1, -0.05) is 30.3 Å². The summed E-state index contributed by atoms with van der Waals surface area (Å²) in [4.78, 5) is 23.4. The van der Waals surface area contributed by atoms with Crippen molar-refractivity contribution < 1.29 is 14.3 Å². The number of hydrogen-bond acceptors (Lipinski definition) is 5. The Hall–Kier alpha value is -2.50. The van der Waals surface area contributed by atoms with E-state index < -0.39 is 12.0 Å². The number of rotatable bonds is 6. The molecule has 0 heterocycles. The van der Waals surface area contributed by atoms with Crippen LogP contribution in [-0.4, -0.2) is 24.3 Å². The Balaban J connectivity index is 1.95. The molecule has 0 unspecified atom stereocenters. The lowest BCUT2D eigenvalue weighted by molar-refractivity contribution is -0.135. The van der Waals surface area contributed by atoms with Gasteiger partial charge in [-0.2, -0.15) is 0 Å². The molecule has 0 saturated heterocycles. The van der Waals surface area contributed by atoms with E-state index in [0.29, 0.717) is 17.7 Å². The molecule has 5 heteroatoms. The van der Waals surface area contributed by atoms with Crippen molar-refractivity contribution >= 4 is 11.8 Å². The Morgan fingerprint density at radius 1 is 1.00 bits per heavy atom. The summed E-state index contributed by atoms with van der Waals surface area (Å²) in [5.74, 6) is -0.331. The number of carbonyl (C=O) groups is 2. The van der Waals surface area contributed by atoms with Gasteiger partial charge in [0.2, 0.25) is 0 Å². The van der Waals surface area contributed by atoms with Crippen molar-refractivity contribution in [2.24, 2.45) is 11.5 Å². The summed E-state index contributed by atoms with van der Waals surface area (Å²) in [6.45, 7) is -0.0545. The number of hydrogen-bond donors (Lipinski definition) is 2. The molecule has 2 rings (SSSR count). The van der Waals surface area contributed by atoms with E-state index in [-0.39, 0.29) is 12.3 Å². The molecule has 0 spiro atoms. The maximum absolute atomic E-state index is 12.0. The zero-order valence-corrected chi connectivity index (χ0v) is 12.1. The van der Waals surface area contributed by atoms with Gasteiger partial charge in [-0.15, -0.1) is 0 Å². The predicted octanol–water partition coefficient (Wildman–Crippen LogP) is 1.30. The van der Waals surface area contributed by atoms with Crippen molar-refractivity contribution in [2.75, 3.05) is 6.54 Å². The Morgan fingerprint density at radius 2 is 1.64 bits per heavy atom. The first-order valence-corrected chi connectivity index (χ1v) is 6.94. The Bertz CT molecular complexity index is 639. The van der Waals surface area contributed by atoms with Gasteiger partial charge in [0.25, 0.3) is 0 Å². The number of ketones is 1. The molecular formula is C17H18N2O3. The lowest BCUT2D eigenvalue weighted by Crippen LogP contribution is -2.36. The van der Waals surface area contributed by atoms with Crippen molar-refractivity contribution in [3.05, 3.63) is 65.7 Å². The third kappa shape index (κ3) is 4.25. The highest BCUT2D eigenvalue weighted by Gasteiger charge is 2.16. The minimum Gasteiger partial charge on any atom is -0.425 e. The van der Waals surface area contributed by atoms with E-state index in [1.165, 1.54) is 0 Å². The van der Waals surface area contributed by atoms with Gasteiger partial charge in [-0.25, -0.2) is 4.79 Å². The second-order valence-electron chi connectivity index (χ2n) is 4.87. The minimum atomic E-state index is -0.743. The van der Waals surface area contributed by atoms with Crippen molar-refractivity contribution in [1.82, 2.24) is 0 Å². The van der Waals surface area contributed by atoms with Crippen LogP contribution in [0.15, 0.2) is 54.6 Å². The number of nitrogens with two attached hydrogens (primary N) is 2. The number of Topliss-reactive ketones (excluding diaryl/α,β-unsaturated/α-hetero) is 1. The molecule has 0 bridgehead atoms. The first kappa shape index (κ1) is 15.9. The minimum absolute atomic E-state index is 0.0545. The largest absolute Gasteiger partial charge is 0.425 e. The van der Waals surface area contributed by atoms with Gasteiger partial charge in [0, 0.05) is 5.56 Å². The first-order valence-electron chi connectivity index (χ1n) is 6.94. The summed E-state index contributed by atoms with van der Waals surface area (Å²) in [5.41, 5.74) is 12.6. The Morgan fingerprint density at radius 3 is 2.23 bits per heavy atom. The lowest BCUT2D eigenvalue weighted by Gasteiger charge is -2.11. The molecule has 2 aromatic carbocycles. The molecule has 0 aliphatic carbocycles. The average Bonchev–Trinajstić information content (AvgIpc) is 2.55. The fraction of sp³-hybridized carbons (Fsp3) is 0.176. The van der Waals surface area contributed by atoms with Crippen LogP contribution in [-0.2, 0) is 11.2 Å². The van der Waals surface area contributed by atoms with Gasteiger partial charge in [-0.05, 0) is 36.2 Å². The maximum atomic E-state index is 12.0. The number of carbonyl (C=O) groups excluding carboxylic acids is 2. The fourth-order valence-corrected chi connectivity index (χ4v) is 1.97. The number of esters is 1. The van der Waals surface area contributed by atoms with Crippen LogP contribution in [0.4, 0.5) is 0 Å². The monoisotopic (exact) mass is 298 g/mol. The summed E-state index contributed by atoms with van der Waals surface area (Å²) in [6, 6.07) is 15.0. The maximum Gasteiger partial charge on any atom is 0.328 e. The summed E-state index contributed by atoms with van der Waals surface area (Å²) in [6.07, 6.45) is 0.406. The molecule has 0 amide bonds. The molecule has 22 heavy (non-hydrogen) atoms. The first-order chi connectivity index (χ1) is 10.6. The van der Waals surface area contributed by atoms with E-state index in [0.717, 1.165) is 5.56 Å². The van der Waals surface area contributed by atoms with Crippen LogP contribution in [0.5, 0.6) is 5.75 Å². The quantitative estimate of drug-likeness (QED) is 0.476. The van der Waals surface area contributed by atoms with Gasteiger partial charge in [0.15, 0.2) is 5.78 Å². The van der Waals surface area contributed by atoms with Crippen LogP contribution in [0.3, 0.4) is 0 Å². The molecule has 5 nitrogen and oxygen atoms in total. The van der Waals surface area contributed by atoms with Gasteiger partial charge in [0.1, 0.15) is 11.8 Å². The molecule has 0 aromatic heterocycles. The van der Waals surface area contributed by atoms with Crippen LogP contribution in [0.2, 0.25) is 0 Å². The van der Waals surface area contributed by atoms with E-state index in [1.54, 1.807) is 24.3 Å². The third-order valence-corrected chi connectivity index (χ3v) is 3.18. The van der Waals surface area contributed by atoms with Crippen molar-refractivity contribution in [3.63, 3.8) is 0 Å². The zero-order chi connectivity index (χ0) is 15.9. The summed E-state index contributed by atoms with van der Waals surface area (Å²) < 4.78 is 5.21. The Kier molecular flexibility index (Phi) is 5.41. The van der Waals surface area contributed by atoms with E-state index >= 15 is 0 Å². The van der Waals surface area contributed by atoms with Crippen LogP contribution >= 0.6 is 0 Å². The molecule has 0 aliphatic rings. The molecule has 0 aliphatic heterocycles. The fourth-order valence-electron chi connectivity index (χ4n) is 1.97. The molecular weight excluding hydrogens is 280 g/mol.